The van der Waals surface area contributed by atoms with E-state index in [1.165, 1.54) is 12.1 Å². The number of nitrogens with one attached hydrogen (secondary N) is 1. The topological polar surface area (TPSA) is 94.8 Å². The number of fused-ring (bicyclic) bond motifs is 1. The lowest BCUT2D eigenvalue weighted by molar-refractivity contribution is -0.137. The Bertz CT molecular complexity index is 1020. The summed E-state index contributed by atoms with van der Waals surface area (Å²) in [5.41, 5.74) is -0.735. The molecule has 0 saturated heterocycles. The highest BCUT2D eigenvalue weighted by molar-refractivity contribution is 6.34. The van der Waals surface area contributed by atoms with E-state index in [-0.39, 0.29) is 27.3 Å². The van der Waals surface area contributed by atoms with Gasteiger partial charge in [0, 0.05) is 11.5 Å². The molecule has 1 heterocycles. The third-order valence-electron chi connectivity index (χ3n) is 4.04. The zero-order chi connectivity index (χ0) is 22.8. The average Bonchev–Trinajstić information content (AvgIpc) is 2.59. The zero-order valence-corrected chi connectivity index (χ0v) is 19.2. The summed E-state index contributed by atoms with van der Waals surface area (Å²) in [4.78, 5) is 36.7. The van der Waals surface area contributed by atoms with E-state index in [4.69, 9.17) is 37.1 Å². The van der Waals surface area contributed by atoms with E-state index in [2.05, 4.69) is 5.32 Å². The standard InChI is InChI=1S/C21H25Cl2NO6/c1-10(2)7-14(24-20(27)30-21(4,5)6)18(25)29-16-9-15-12(8-13(16)22)11(3)17(23)19(26)28-15/h8-10,14H,7H2,1-6H3,(H,24,27). The molecule has 0 bridgehead atoms. The first kappa shape index (κ1) is 24.0. The number of rotatable bonds is 5. The van der Waals surface area contributed by atoms with Crippen molar-refractivity contribution in [3.63, 3.8) is 0 Å². The second-order valence-electron chi connectivity index (χ2n) is 8.36. The van der Waals surface area contributed by atoms with Crippen LogP contribution in [0.5, 0.6) is 5.75 Å². The van der Waals surface area contributed by atoms with E-state index in [1.807, 2.05) is 13.8 Å². The van der Waals surface area contributed by atoms with Gasteiger partial charge in [0.25, 0.3) is 0 Å². The van der Waals surface area contributed by atoms with E-state index in [0.29, 0.717) is 17.4 Å². The highest BCUT2D eigenvalue weighted by atomic mass is 35.5. The Morgan fingerprint density at radius 1 is 1.20 bits per heavy atom. The molecular weight excluding hydrogens is 433 g/mol. The maximum absolute atomic E-state index is 12.8. The quantitative estimate of drug-likeness (QED) is 0.374. The molecular formula is C21H25Cl2NO6. The number of esters is 1. The normalized spacial score (nSPS) is 12.7. The van der Waals surface area contributed by atoms with Crippen LogP contribution in [0.15, 0.2) is 21.3 Å². The summed E-state index contributed by atoms with van der Waals surface area (Å²) in [6.07, 6.45) is -0.404. The van der Waals surface area contributed by atoms with Gasteiger partial charge < -0.3 is 19.2 Å². The lowest BCUT2D eigenvalue weighted by Gasteiger charge is -2.23. The van der Waals surface area contributed by atoms with Gasteiger partial charge in [-0.1, -0.05) is 37.0 Å². The number of carbonyl (C=O) groups is 2. The third kappa shape index (κ3) is 6.12. The van der Waals surface area contributed by atoms with Crippen LogP contribution in [0.1, 0.15) is 46.6 Å². The number of amides is 1. The van der Waals surface area contributed by atoms with Crippen LogP contribution < -0.4 is 15.7 Å². The van der Waals surface area contributed by atoms with Crippen molar-refractivity contribution in [3.8, 4) is 5.75 Å². The Morgan fingerprint density at radius 3 is 2.40 bits per heavy atom. The van der Waals surface area contributed by atoms with Crippen LogP contribution in [0, 0.1) is 12.8 Å². The highest BCUT2D eigenvalue weighted by Gasteiger charge is 2.27. The molecule has 1 amide bonds. The van der Waals surface area contributed by atoms with Crippen molar-refractivity contribution in [2.75, 3.05) is 0 Å². The lowest BCUT2D eigenvalue weighted by Crippen LogP contribution is -2.45. The summed E-state index contributed by atoms with van der Waals surface area (Å²) >= 11 is 12.2. The fourth-order valence-corrected chi connectivity index (χ4v) is 3.06. The Hall–Kier alpha value is -2.25. The van der Waals surface area contributed by atoms with E-state index >= 15 is 0 Å². The lowest BCUT2D eigenvalue weighted by atomic mass is 10.0. The summed E-state index contributed by atoms with van der Waals surface area (Å²) in [5.74, 6) is -0.630. The maximum Gasteiger partial charge on any atom is 0.408 e. The summed E-state index contributed by atoms with van der Waals surface area (Å²) in [6.45, 7) is 10.6. The van der Waals surface area contributed by atoms with Crippen LogP contribution >= 0.6 is 23.2 Å². The van der Waals surface area contributed by atoms with Gasteiger partial charge in [-0.15, -0.1) is 0 Å². The summed E-state index contributed by atoms with van der Waals surface area (Å²) in [7, 11) is 0. The third-order valence-corrected chi connectivity index (χ3v) is 4.78. The molecule has 1 aromatic carbocycles. The van der Waals surface area contributed by atoms with Crippen molar-refractivity contribution in [1.29, 1.82) is 0 Å². The number of carbonyl (C=O) groups excluding carboxylic acids is 2. The summed E-state index contributed by atoms with van der Waals surface area (Å²) in [6, 6.07) is 1.90. The van der Waals surface area contributed by atoms with Crippen molar-refractivity contribution < 1.29 is 23.5 Å². The van der Waals surface area contributed by atoms with Crippen molar-refractivity contribution in [1.82, 2.24) is 5.32 Å². The zero-order valence-electron chi connectivity index (χ0n) is 17.7. The highest BCUT2D eigenvalue weighted by Crippen LogP contribution is 2.33. The summed E-state index contributed by atoms with van der Waals surface area (Å²) < 4.78 is 15.8. The molecule has 7 nitrogen and oxygen atoms in total. The number of benzene rings is 1. The SMILES string of the molecule is Cc1c(Cl)c(=O)oc2cc(OC(=O)C(CC(C)C)NC(=O)OC(C)(C)C)c(Cl)cc12. The van der Waals surface area contributed by atoms with Crippen molar-refractivity contribution in [2.45, 2.75) is 59.6 Å². The molecule has 9 heteroatoms. The molecule has 1 aromatic heterocycles. The largest absolute Gasteiger partial charge is 0.444 e. The first-order valence-electron chi connectivity index (χ1n) is 9.42. The van der Waals surface area contributed by atoms with Gasteiger partial charge in [0.15, 0.2) is 5.75 Å². The molecule has 0 aliphatic heterocycles. The van der Waals surface area contributed by atoms with Gasteiger partial charge in [0.05, 0.1) is 5.02 Å². The molecule has 1 unspecified atom stereocenters. The first-order chi connectivity index (χ1) is 13.8. The van der Waals surface area contributed by atoms with E-state index in [1.54, 1.807) is 27.7 Å². The molecule has 2 rings (SSSR count). The second kappa shape index (κ2) is 9.27. The van der Waals surface area contributed by atoms with Crippen LogP contribution in [-0.2, 0) is 9.53 Å². The number of halogens is 2. The molecule has 164 valence electrons. The minimum Gasteiger partial charge on any atom is -0.444 e. The molecule has 30 heavy (non-hydrogen) atoms. The van der Waals surface area contributed by atoms with Gasteiger partial charge in [0.2, 0.25) is 0 Å². The average molecular weight is 458 g/mol. The summed E-state index contributed by atoms with van der Waals surface area (Å²) in [5, 5.41) is 3.15. The Morgan fingerprint density at radius 2 is 1.83 bits per heavy atom. The fraction of sp³-hybridized carbons (Fsp3) is 0.476. The number of hydrogen-bond donors (Lipinski definition) is 1. The fourth-order valence-electron chi connectivity index (χ4n) is 2.72. The van der Waals surface area contributed by atoms with Crippen LogP contribution in [-0.4, -0.2) is 23.7 Å². The molecule has 0 fully saturated rings. The molecule has 0 spiro atoms. The van der Waals surface area contributed by atoms with Crippen LogP contribution in [0.2, 0.25) is 10.0 Å². The number of aryl methyl sites for hydroxylation is 1. The molecule has 0 saturated carbocycles. The molecule has 1 N–H and O–H groups in total. The second-order valence-corrected chi connectivity index (χ2v) is 9.14. The Labute approximate surface area is 184 Å². The predicted octanol–water partition coefficient (Wildman–Crippen LogP) is 5.25. The van der Waals surface area contributed by atoms with Crippen molar-refractivity contribution in [3.05, 3.63) is 38.2 Å². The Balaban J connectivity index is 2.31. The van der Waals surface area contributed by atoms with Gasteiger partial charge >= 0.3 is 17.7 Å². The van der Waals surface area contributed by atoms with Crippen molar-refractivity contribution in [2.24, 2.45) is 5.92 Å². The van der Waals surface area contributed by atoms with Crippen LogP contribution in [0.3, 0.4) is 0 Å². The number of alkyl carbamates (subject to hydrolysis) is 1. The van der Waals surface area contributed by atoms with Gasteiger partial charge in [-0.3, -0.25) is 0 Å². The monoisotopic (exact) mass is 457 g/mol. The van der Waals surface area contributed by atoms with E-state index in [9.17, 15) is 14.4 Å². The molecule has 0 aliphatic carbocycles. The predicted molar refractivity (Wildman–Crippen MR) is 115 cm³/mol. The first-order valence-corrected chi connectivity index (χ1v) is 10.2. The van der Waals surface area contributed by atoms with Gasteiger partial charge in [-0.2, -0.15) is 0 Å². The maximum atomic E-state index is 12.8. The van der Waals surface area contributed by atoms with Gasteiger partial charge in [0.1, 0.15) is 22.2 Å². The Kier molecular flexibility index (Phi) is 7.42. The van der Waals surface area contributed by atoms with Crippen molar-refractivity contribution >= 4 is 46.2 Å². The van der Waals surface area contributed by atoms with E-state index < -0.39 is 29.3 Å². The van der Waals surface area contributed by atoms with Gasteiger partial charge in [-0.25, -0.2) is 14.4 Å². The minimum atomic E-state index is -0.953. The van der Waals surface area contributed by atoms with Gasteiger partial charge in [-0.05, 0) is 51.7 Å². The van der Waals surface area contributed by atoms with E-state index in [0.717, 1.165) is 0 Å². The number of hydrogen-bond acceptors (Lipinski definition) is 6. The molecule has 0 aliphatic rings. The molecule has 0 radical (unpaired) electrons. The van der Waals surface area contributed by atoms with Crippen LogP contribution in [0.4, 0.5) is 4.79 Å². The number of ether oxygens (including phenoxy) is 2. The smallest absolute Gasteiger partial charge is 0.408 e. The molecule has 2 aromatic rings. The van der Waals surface area contributed by atoms with Crippen LogP contribution in [0.25, 0.3) is 11.0 Å². The molecule has 1 atom stereocenters. The minimum absolute atomic E-state index is 0.00113.